The Kier molecular flexibility index (Phi) is 4.24. The summed E-state index contributed by atoms with van der Waals surface area (Å²) in [5, 5.41) is 6.15. The van der Waals surface area contributed by atoms with Crippen molar-refractivity contribution in [3.8, 4) is 0 Å². The summed E-state index contributed by atoms with van der Waals surface area (Å²) in [4.78, 5) is 0. The summed E-state index contributed by atoms with van der Waals surface area (Å²) in [6, 6.07) is 0. The van der Waals surface area contributed by atoms with Crippen LogP contribution in [0.15, 0.2) is 17.4 Å². The van der Waals surface area contributed by atoms with Gasteiger partial charge in [-0.3, -0.25) is 5.01 Å². The van der Waals surface area contributed by atoms with Crippen LogP contribution in [0.3, 0.4) is 0 Å². The number of hydrazone groups is 1. The van der Waals surface area contributed by atoms with Crippen LogP contribution in [0.5, 0.6) is 0 Å². The Morgan fingerprint density at radius 2 is 1.92 bits per heavy atom. The average Bonchev–Trinajstić information content (AvgIpc) is 1.96. The molecule has 0 N–H and O–H groups in total. The van der Waals surface area contributed by atoms with Crippen LogP contribution in [0, 0.1) is 0 Å². The second-order valence-electron chi connectivity index (χ2n) is 4.16. The molecule has 0 aliphatic heterocycles. The molecule has 0 bridgehead atoms. The molecule has 72 valence electrons. The lowest BCUT2D eigenvalue weighted by Crippen LogP contribution is -2.36. The molecule has 13 heavy (non-hydrogen) atoms. The Morgan fingerprint density at radius 3 is 2.15 bits per heavy atom. The molecule has 0 fully saturated rings. The van der Waals surface area contributed by atoms with E-state index >= 15 is 0 Å². The highest BCUT2D eigenvalue weighted by Crippen LogP contribution is 2.18. The first kappa shape index (κ1) is 12.3. The third-order valence-corrected chi connectivity index (χ3v) is 1.59. The van der Waals surface area contributed by atoms with Crippen molar-refractivity contribution in [1.29, 1.82) is 0 Å². The van der Waals surface area contributed by atoms with E-state index in [2.05, 4.69) is 32.5 Å². The maximum absolute atomic E-state index is 5.68. The fourth-order valence-corrected chi connectivity index (χ4v) is 1.01. The van der Waals surface area contributed by atoms with E-state index in [-0.39, 0.29) is 5.54 Å². The first-order chi connectivity index (χ1) is 5.79. The van der Waals surface area contributed by atoms with Gasteiger partial charge in [-0.25, -0.2) is 0 Å². The quantitative estimate of drug-likeness (QED) is 0.368. The molecule has 0 aliphatic carbocycles. The fraction of sp³-hybridized carbons (Fsp3) is 0.700. The normalized spacial score (nSPS) is 12.8. The van der Waals surface area contributed by atoms with Gasteiger partial charge in [0.2, 0.25) is 0 Å². The van der Waals surface area contributed by atoms with E-state index in [0.29, 0.717) is 5.61 Å². The zero-order valence-electron chi connectivity index (χ0n) is 9.39. The predicted molar refractivity (Wildman–Crippen MR) is 59.9 cm³/mol. The lowest BCUT2D eigenvalue weighted by Gasteiger charge is -2.33. The van der Waals surface area contributed by atoms with Gasteiger partial charge in [-0.1, -0.05) is 13.5 Å². The summed E-state index contributed by atoms with van der Waals surface area (Å²) in [5.74, 6) is 0. The molecule has 0 aromatic rings. The van der Waals surface area contributed by atoms with Crippen LogP contribution in [0.1, 0.15) is 41.0 Å². The highest BCUT2D eigenvalue weighted by atomic mass is 15.5. The maximum Gasteiger partial charge on any atom is 0.138 e. The van der Waals surface area contributed by atoms with Gasteiger partial charge in [0.15, 0.2) is 0 Å². The Hall–Kier alpha value is -0.725. The minimum absolute atomic E-state index is 0.0639. The van der Waals surface area contributed by atoms with Gasteiger partial charge in [-0.05, 0) is 39.7 Å². The number of hydrogen-bond acceptors (Lipinski definition) is 2. The van der Waals surface area contributed by atoms with Gasteiger partial charge in [0.25, 0.3) is 0 Å². The maximum atomic E-state index is 5.68. The molecule has 0 unspecified atom stereocenters. The minimum Gasteiger partial charge on any atom is -0.266 e. The van der Waals surface area contributed by atoms with E-state index < -0.39 is 0 Å². The predicted octanol–water partition coefficient (Wildman–Crippen LogP) is 2.51. The Morgan fingerprint density at radius 1 is 1.46 bits per heavy atom. The van der Waals surface area contributed by atoms with Crippen LogP contribution >= 0.6 is 0 Å². The van der Waals surface area contributed by atoms with Crippen molar-refractivity contribution in [2.75, 3.05) is 0 Å². The third-order valence-electron chi connectivity index (χ3n) is 1.59. The van der Waals surface area contributed by atoms with Gasteiger partial charge in [0.05, 0.1) is 5.54 Å². The lowest BCUT2D eigenvalue weighted by atomic mass is 9.99. The van der Waals surface area contributed by atoms with Crippen LogP contribution in [-0.2, 0) is 0 Å². The van der Waals surface area contributed by atoms with Crippen LogP contribution < -0.4 is 0 Å². The molecule has 0 heterocycles. The lowest BCUT2D eigenvalue weighted by molar-refractivity contribution is 0.195. The highest BCUT2D eigenvalue weighted by Gasteiger charge is 2.19. The Balaban J connectivity index is 4.75. The molecule has 0 amide bonds. The molecular formula is C10H19BN2. The highest BCUT2D eigenvalue weighted by molar-refractivity contribution is 6.59. The molecule has 0 saturated heterocycles. The number of allylic oxidation sites excluding steroid dienone is 1. The van der Waals surface area contributed by atoms with Gasteiger partial charge in [-0.2, -0.15) is 5.10 Å². The molecule has 0 aromatic heterocycles. The zero-order chi connectivity index (χ0) is 10.6. The number of nitrogens with zero attached hydrogens (tertiary/aromatic N) is 2. The van der Waals surface area contributed by atoms with Crippen molar-refractivity contribution in [1.82, 2.24) is 5.01 Å². The molecule has 2 nitrogen and oxygen atoms in total. The molecule has 0 aromatic carbocycles. The van der Waals surface area contributed by atoms with E-state index in [1.165, 1.54) is 0 Å². The number of hydrogen-bond donors (Lipinski definition) is 0. The van der Waals surface area contributed by atoms with Gasteiger partial charge in [0.1, 0.15) is 7.85 Å². The van der Waals surface area contributed by atoms with E-state index in [9.17, 15) is 0 Å². The molecule has 3 heteroatoms. The van der Waals surface area contributed by atoms with Gasteiger partial charge >= 0.3 is 0 Å². The van der Waals surface area contributed by atoms with E-state index in [1.54, 1.807) is 0 Å². The molecule has 0 atom stereocenters. The summed E-state index contributed by atoms with van der Waals surface area (Å²) >= 11 is 0. The second kappa shape index (κ2) is 4.49. The third kappa shape index (κ3) is 4.16. The monoisotopic (exact) mass is 178 g/mol. The smallest absolute Gasteiger partial charge is 0.138 e. The van der Waals surface area contributed by atoms with Crippen LogP contribution in [-0.4, -0.2) is 24.0 Å². The van der Waals surface area contributed by atoms with E-state index in [4.69, 9.17) is 7.85 Å². The van der Waals surface area contributed by atoms with Crippen molar-refractivity contribution in [2.45, 2.75) is 46.6 Å². The fourth-order valence-electron chi connectivity index (χ4n) is 1.01. The molecule has 0 aliphatic rings. The molecular weight excluding hydrogens is 159 g/mol. The van der Waals surface area contributed by atoms with Crippen molar-refractivity contribution in [2.24, 2.45) is 5.10 Å². The van der Waals surface area contributed by atoms with Crippen LogP contribution in [0.4, 0.5) is 0 Å². The van der Waals surface area contributed by atoms with Crippen molar-refractivity contribution in [3.63, 3.8) is 0 Å². The standard InChI is InChI=1S/C10H19BN2/c1-7-9(11)12-13(8(2)3)10(4,5)6/h2,7H2,1,3-6H3/b12-9+. The largest absolute Gasteiger partial charge is 0.266 e. The Bertz CT molecular complexity index is 213. The average molecular weight is 178 g/mol. The summed E-state index contributed by atoms with van der Waals surface area (Å²) < 4.78 is 0. The Labute approximate surface area is 83.1 Å². The zero-order valence-corrected chi connectivity index (χ0v) is 9.39. The first-order valence-corrected chi connectivity index (χ1v) is 4.57. The topological polar surface area (TPSA) is 15.6 Å². The minimum atomic E-state index is -0.0639. The van der Waals surface area contributed by atoms with Crippen LogP contribution in [0.25, 0.3) is 0 Å². The molecule has 0 saturated carbocycles. The molecule has 0 spiro atoms. The SMILES string of the molecule is [B]/C(CC)=N/N(C(=C)C)C(C)(C)C. The summed E-state index contributed by atoms with van der Waals surface area (Å²) in [5.41, 5.74) is 1.48. The van der Waals surface area contributed by atoms with Crippen molar-refractivity contribution < 1.29 is 0 Å². The van der Waals surface area contributed by atoms with Gasteiger partial charge in [0, 0.05) is 5.70 Å². The van der Waals surface area contributed by atoms with Crippen LogP contribution in [0.2, 0.25) is 0 Å². The molecule has 0 rings (SSSR count). The second-order valence-corrected chi connectivity index (χ2v) is 4.16. The van der Waals surface area contributed by atoms with E-state index in [1.807, 2.05) is 18.9 Å². The van der Waals surface area contributed by atoms with Crippen molar-refractivity contribution in [3.05, 3.63) is 12.3 Å². The van der Waals surface area contributed by atoms with Gasteiger partial charge in [-0.15, -0.1) is 0 Å². The number of rotatable bonds is 3. The summed E-state index contributed by atoms with van der Waals surface area (Å²) in [7, 11) is 5.68. The summed E-state index contributed by atoms with van der Waals surface area (Å²) in [6.07, 6.45) is 0.764. The summed E-state index contributed by atoms with van der Waals surface area (Å²) in [6.45, 7) is 14.0. The van der Waals surface area contributed by atoms with E-state index in [0.717, 1.165) is 12.1 Å². The first-order valence-electron chi connectivity index (χ1n) is 4.57. The van der Waals surface area contributed by atoms with Crippen molar-refractivity contribution >= 4 is 13.5 Å². The molecule has 2 radical (unpaired) electrons. The van der Waals surface area contributed by atoms with Gasteiger partial charge < -0.3 is 0 Å².